The second-order valence-electron chi connectivity index (χ2n) is 6.91. The van der Waals surface area contributed by atoms with Crippen molar-refractivity contribution in [1.29, 1.82) is 0 Å². The van der Waals surface area contributed by atoms with Gasteiger partial charge in [-0.05, 0) is 37.3 Å². The Labute approximate surface area is 190 Å². The predicted octanol–water partition coefficient (Wildman–Crippen LogP) is 6.36. The monoisotopic (exact) mass is 460 g/mol. The molecule has 0 unspecified atom stereocenters. The highest BCUT2D eigenvalue weighted by molar-refractivity contribution is 7.13. The molecule has 0 bridgehead atoms. The quantitative estimate of drug-likeness (QED) is 0.174. The highest BCUT2D eigenvalue weighted by atomic mass is 32.1. The van der Waals surface area contributed by atoms with Crippen LogP contribution < -0.4 is 4.80 Å². The van der Waals surface area contributed by atoms with Gasteiger partial charge < -0.3 is 4.42 Å². The third-order valence-corrected chi connectivity index (χ3v) is 6.47. The lowest BCUT2D eigenvalue weighted by Crippen LogP contribution is -2.11. The van der Waals surface area contributed by atoms with Gasteiger partial charge in [-0.25, -0.2) is 9.67 Å². The molecule has 3 heterocycles. The molecule has 32 heavy (non-hydrogen) atoms. The van der Waals surface area contributed by atoms with Crippen LogP contribution in [0.4, 0.5) is 11.4 Å². The molecule has 0 aliphatic rings. The van der Waals surface area contributed by atoms with Crippen LogP contribution in [0.2, 0.25) is 0 Å². The first-order valence-corrected chi connectivity index (χ1v) is 11.4. The molecule has 0 saturated carbocycles. The molecular formula is C23H16N4O3S2. The molecule has 7 nitrogen and oxygen atoms in total. The second-order valence-corrected chi connectivity index (χ2v) is 9.07. The number of nitro benzene ring substituents is 1. The third kappa shape index (κ3) is 3.91. The second kappa shape index (κ2) is 8.37. The summed E-state index contributed by atoms with van der Waals surface area (Å²) in [6.07, 6.45) is 1.76. The van der Waals surface area contributed by atoms with E-state index in [-0.39, 0.29) is 11.4 Å². The molecule has 0 aliphatic carbocycles. The Bertz CT molecular complexity index is 1500. The number of hydrogen-bond donors (Lipinski definition) is 0. The Kier molecular flexibility index (Phi) is 5.26. The van der Waals surface area contributed by atoms with E-state index in [9.17, 15) is 10.1 Å². The Hall–Kier alpha value is -3.82. The van der Waals surface area contributed by atoms with E-state index in [1.807, 2.05) is 54.8 Å². The molecule has 5 rings (SSSR count). The molecule has 0 fully saturated rings. The predicted molar refractivity (Wildman–Crippen MR) is 128 cm³/mol. The maximum atomic E-state index is 11.4. The van der Waals surface area contributed by atoms with Gasteiger partial charge in [-0.15, -0.1) is 22.7 Å². The van der Waals surface area contributed by atoms with Crippen molar-refractivity contribution < 1.29 is 9.34 Å². The summed E-state index contributed by atoms with van der Waals surface area (Å²) in [6, 6.07) is 20.1. The van der Waals surface area contributed by atoms with Gasteiger partial charge in [-0.1, -0.05) is 30.3 Å². The largest absolute Gasteiger partial charge is 0.454 e. The molecule has 5 aromatic rings. The van der Waals surface area contributed by atoms with Crippen molar-refractivity contribution >= 4 is 51.2 Å². The summed E-state index contributed by atoms with van der Waals surface area (Å²) >= 11 is 2.97. The normalized spacial score (nSPS) is 12.2. The molecule has 2 aromatic carbocycles. The summed E-state index contributed by atoms with van der Waals surface area (Å²) in [5, 5.41) is 19.0. The zero-order valence-corrected chi connectivity index (χ0v) is 18.5. The smallest absolute Gasteiger partial charge is 0.294 e. The van der Waals surface area contributed by atoms with Crippen molar-refractivity contribution in [3.05, 3.63) is 96.8 Å². The van der Waals surface area contributed by atoms with Gasteiger partial charge in [0, 0.05) is 26.6 Å². The molecule has 0 atom stereocenters. The Morgan fingerprint density at radius 2 is 1.91 bits per heavy atom. The molecule has 0 N–H and O–H groups in total. The summed E-state index contributed by atoms with van der Waals surface area (Å²) in [4.78, 5) is 18.2. The van der Waals surface area contributed by atoms with Gasteiger partial charge in [0.1, 0.15) is 17.0 Å². The summed E-state index contributed by atoms with van der Waals surface area (Å²) in [5.41, 5.74) is 1.70. The van der Waals surface area contributed by atoms with Crippen LogP contribution in [0.1, 0.15) is 9.75 Å². The number of nitro groups is 1. The molecule has 0 radical (unpaired) electrons. The van der Waals surface area contributed by atoms with Gasteiger partial charge in [0.05, 0.1) is 11.1 Å². The molecule has 0 saturated heterocycles. The average molecular weight is 461 g/mol. The summed E-state index contributed by atoms with van der Waals surface area (Å²) < 4.78 is 7.70. The van der Waals surface area contributed by atoms with Gasteiger partial charge in [0.25, 0.3) is 5.69 Å². The minimum Gasteiger partial charge on any atom is -0.454 e. The molecule has 3 aromatic heterocycles. The molecule has 0 spiro atoms. The zero-order valence-electron chi connectivity index (χ0n) is 16.8. The first kappa shape index (κ1) is 20.1. The van der Waals surface area contributed by atoms with Crippen molar-refractivity contribution in [3.63, 3.8) is 0 Å². The number of furan rings is 1. The zero-order chi connectivity index (χ0) is 22.1. The van der Waals surface area contributed by atoms with Gasteiger partial charge in [-0.3, -0.25) is 10.1 Å². The van der Waals surface area contributed by atoms with E-state index >= 15 is 0 Å². The van der Waals surface area contributed by atoms with Crippen molar-refractivity contribution in [3.8, 4) is 11.5 Å². The maximum absolute atomic E-state index is 11.4. The fourth-order valence-electron chi connectivity index (χ4n) is 3.22. The van der Waals surface area contributed by atoms with Crippen LogP contribution >= 0.6 is 22.7 Å². The first-order chi connectivity index (χ1) is 15.6. The van der Waals surface area contributed by atoms with Crippen molar-refractivity contribution in [2.75, 3.05) is 0 Å². The standard InChI is InChI=1S/C23H16N4O3S2/c1-15-10-11-17(32-15)13-24-26-20(22-12-16-6-2-5-9-21(16)30-22)14-31-23(26)25-18-7-3-4-8-19(18)27(28)29/h2-14H,1H3. The van der Waals surface area contributed by atoms with Crippen molar-refractivity contribution in [2.24, 2.45) is 10.1 Å². The molecular weight excluding hydrogens is 444 g/mol. The fraction of sp³-hybridized carbons (Fsp3) is 0.0435. The van der Waals surface area contributed by atoms with E-state index in [0.29, 0.717) is 16.3 Å². The van der Waals surface area contributed by atoms with Gasteiger partial charge in [-0.2, -0.15) is 5.10 Å². The third-order valence-electron chi connectivity index (χ3n) is 4.72. The summed E-state index contributed by atoms with van der Waals surface area (Å²) in [7, 11) is 0. The Balaban J connectivity index is 1.69. The number of thiophene rings is 1. The summed E-state index contributed by atoms with van der Waals surface area (Å²) in [5.74, 6) is 0.644. The van der Waals surface area contributed by atoms with Crippen LogP contribution in [-0.2, 0) is 0 Å². The number of aryl methyl sites for hydroxylation is 1. The average Bonchev–Trinajstić information content (AvgIpc) is 3.50. The van der Waals surface area contributed by atoms with Crippen molar-refractivity contribution in [2.45, 2.75) is 6.92 Å². The molecule has 9 heteroatoms. The topological polar surface area (TPSA) is 85.9 Å². The number of para-hydroxylation sites is 3. The van der Waals surface area contributed by atoms with Gasteiger partial charge in [0.15, 0.2) is 5.76 Å². The van der Waals surface area contributed by atoms with Crippen molar-refractivity contribution in [1.82, 2.24) is 4.68 Å². The van der Waals surface area contributed by atoms with E-state index in [4.69, 9.17) is 4.42 Å². The van der Waals surface area contributed by atoms with Gasteiger partial charge >= 0.3 is 0 Å². The lowest BCUT2D eigenvalue weighted by atomic mass is 10.2. The lowest BCUT2D eigenvalue weighted by molar-refractivity contribution is -0.384. The number of nitrogens with zero attached hydrogens (tertiary/aromatic N) is 4. The SMILES string of the molecule is Cc1ccc(C=Nn2c(-c3cc4ccccc4o3)csc2=Nc2ccccc2[N+](=O)[O-])s1. The van der Waals surface area contributed by atoms with Crippen LogP contribution in [0.25, 0.3) is 22.4 Å². The van der Waals surface area contributed by atoms with E-state index in [1.54, 1.807) is 40.4 Å². The van der Waals surface area contributed by atoms with Crippen LogP contribution in [0.5, 0.6) is 0 Å². The molecule has 0 aliphatic heterocycles. The fourth-order valence-corrected chi connectivity index (χ4v) is 4.79. The summed E-state index contributed by atoms with van der Waals surface area (Å²) in [6.45, 7) is 2.04. The van der Waals surface area contributed by atoms with E-state index in [1.165, 1.54) is 22.3 Å². The number of aromatic nitrogens is 1. The first-order valence-electron chi connectivity index (χ1n) is 9.67. The van der Waals surface area contributed by atoms with E-state index in [2.05, 4.69) is 10.1 Å². The number of benzene rings is 2. The van der Waals surface area contributed by atoms with Crippen LogP contribution in [0.3, 0.4) is 0 Å². The molecule has 158 valence electrons. The van der Waals surface area contributed by atoms with Crippen LogP contribution in [-0.4, -0.2) is 15.8 Å². The number of rotatable bonds is 5. The molecule has 0 amide bonds. The highest BCUT2D eigenvalue weighted by Gasteiger charge is 2.15. The Morgan fingerprint density at radius 3 is 2.69 bits per heavy atom. The highest BCUT2D eigenvalue weighted by Crippen LogP contribution is 2.29. The Morgan fingerprint density at radius 1 is 1.09 bits per heavy atom. The van der Waals surface area contributed by atoms with Crippen LogP contribution in [0, 0.1) is 17.0 Å². The minimum absolute atomic E-state index is 0.0596. The van der Waals surface area contributed by atoms with Gasteiger partial charge in [0.2, 0.25) is 4.80 Å². The number of fused-ring (bicyclic) bond motifs is 1. The maximum Gasteiger partial charge on any atom is 0.294 e. The van der Waals surface area contributed by atoms with E-state index in [0.717, 1.165) is 15.8 Å². The van der Waals surface area contributed by atoms with E-state index < -0.39 is 4.92 Å². The number of hydrogen-bond acceptors (Lipinski definition) is 7. The minimum atomic E-state index is -0.436. The lowest BCUT2D eigenvalue weighted by Gasteiger charge is -2.00. The number of thiazole rings is 1. The van der Waals surface area contributed by atoms with Crippen LogP contribution in [0.15, 0.2) is 86.6 Å².